The third-order valence-electron chi connectivity index (χ3n) is 5.77. The van der Waals surface area contributed by atoms with Gasteiger partial charge in [0.05, 0.1) is 11.8 Å². The number of nitrogens with one attached hydrogen (secondary N) is 1. The van der Waals surface area contributed by atoms with Crippen molar-refractivity contribution in [3.8, 4) is 0 Å². The normalized spacial score (nSPS) is 19.3. The zero-order valence-electron chi connectivity index (χ0n) is 18.7. The second-order valence-electron chi connectivity index (χ2n) is 8.27. The summed E-state index contributed by atoms with van der Waals surface area (Å²) in [4.78, 5) is 29.3. The maximum absolute atomic E-state index is 13.5. The first-order chi connectivity index (χ1) is 17.4. The molecule has 0 aromatic heterocycles. The SMILES string of the molecule is O=C(C[C@H]1SC(N2N=C(c3ccc(F)cc3)C[C@@H]2c2ccc(F)cc2)=NC1=O)Nc1ccc(F)cc1. The van der Waals surface area contributed by atoms with Crippen molar-refractivity contribution in [3.63, 3.8) is 0 Å². The Morgan fingerprint density at radius 1 is 0.917 bits per heavy atom. The monoisotopic (exact) mass is 508 g/mol. The second kappa shape index (κ2) is 9.98. The van der Waals surface area contributed by atoms with Crippen LogP contribution in [0.1, 0.15) is 30.0 Å². The number of halogens is 3. The number of anilines is 1. The van der Waals surface area contributed by atoms with E-state index in [0.29, 0.717) is 23.0 Å². The summed E-state index contributed by atoms with van der Waals surface area (Å²) in [6, 6.07) is 16.9. The van der Waals surface area contributed by atoms with Crippen LogP contribution in [0, 0.1) is 17.5 Å². The number of rotatable bonds is 5. The quantitative estimate of drug-likeness (QED) is 0.509. The van der Waals surface area contributed by atoms with E-state index in [4.69, 9.17) is 0 Å². The maximum atomic E-state index is 13.5. The lowest BCUT2D eigenvalue weighted by molar-refractivity contribution is -0.121. The number of hydrazone groups is 1. The third kappa shape index (κ3) is 5.18. The van der Waals surface area contributed by atoms with Gasteiger partial charge in [-0.15, -0.1) is 0 Å². The summed E-state index contributed by atoms with van der Waals surface area (Å²) in [7, 11) is 0. The third-order valence-corrected chi connectivity index (χ3v) is 6.91. The Hall–Kier alpha value is -3.92. The highest BCUT2D eigenvalue weighted by Gasteiger charge is 2.39. The summed E-state index contributed by atoms with van der Waals surface area (Å²) in [5.41, 5.74) is 2.57. The molecular formula is C26H19F3N4O2S. The first-order valence-electron chi connectivity index (χ1n) is 11.1. The fraction of sp³-hybridized carbons (Fsp3) is 0.154. The molecular weight excluding hydrogens is 489 g/mol. The van der Waals surface area contributed by atoms with Crippen molar-refractivity contribution in [2.45, 2.75) is 24.1 Å². The van der Waals surface area contributed by atoms with Gasteiger partial charge in [0.15, 0.2) is 5.17 Å². The van der Waals surface area contributed by atoms with E-state index in [1.165, 1.54) is 48.5 Å². The first kappa shape index (κ1) is 23.8. The van der Waals surface area contributed by atoms with E-state index in [0.717, 1.165) is 22.9 Å². The van der Waals surface area contributed by atoms with Crippen LogP contribution in [-0.2, 0) is 9.59 Å². The van der Waals surface area contributed by atoms with Gasteiger partial charge in [-0.1, -0.05) is 36.0 Å². The zero-order valence-corrected chi connectivity index (χ0v) is 19.5. The number of thioether (sulfide) groups is 1. The molecule has 3 aromatic carbocycles. The predicted molar refractivity (Wildman–Crippen MR) is 132 cm³/mol. The van der Waals surface area contributed by atoms with Crippen molar-refractivity contribution in [2.75, 3.05) is 5.32 Å². The van der Waals surface area contributed by atoms with Crippen LogP contribution in [0.2, 0.25) is 0 Å². The number of carbonyl (C=O) groups is 2. The summed E-state index contributed by atoms with van der Waals surface area (Å²) >= 11 is 1.12. The van der Waals surface area contributed by atoms with Gasteiger partial charge >= 0.3 is 0 Å². The first-order valence-corrected chi connectivity index (χ1v) is 12.0. The number of amidine groups is 1. The summed E-state index contributed by atoms with van der Waals surface area (Å²) < 4.78 is 40.1. The van der Waals surface area contributed by atoms with E-state index in [2.05, 4.69) is 15.4 Å². The largest absolute Gasteiger partial charge is 0.326 e. The molecule has 2 atom stereocenters. The van der Waals surface area contributed by atoms with Gasteiger partial charge in [0, 0.05) is 18.5 Å². The number of amides is 2. The van der Waals surface area contributed by atoms with Crippen LogP contribution >= 0.6 is 11.8 Å². The average molecular weight is 509 g/mol. The molecule has 10 heteroatoms. The molecule has 3 aromatic rings. The molecule has 0 bridgehead atoms. The fourth-order valence-corrected chi connectivity index (χ4v) is 5.03. The van der Waals surface area contributed by atoms with E-state index < -0.39 is 22.9 Å². The Balaban J connectivity index is 1.35. The van der Waals surface area contributed by atoms with Gasteiger partial charge < -0.3 is 5.32 Å². The van der Waals surface area contributed by atoms with Gasteiger partial charge in [0.25, 0.3) is 5.91 Å². The second-order valence-corrected chi connectivity index (χ2v) is 9.44. The van der Waals surface area contributed by atoms with Crippen molar-refractivity contribution in [1.82, 2.24) is 5.01 Å². The molecule has 1 N–H and O–H groups in total. The molecule has 0 fully saturated rings. The Kier molecular flexibility index (Phi) is 6.60. The molecule has 182 valence electrons. The Morgan fingerprint density at radius 2 is 1.50 bits per heavy atom. The highest BCUT2D eigenvalue weighted by atomic mass is 32.2. The molecule has 0 unspecified atom stereocenters. The lowest BCUT2D eigenvalue weighted by atomic mass is 9.98. The van der Waals surface area contributed by atoms with E-state index in [-0.39, 0.29) is 24.1 Å². The lowest BCUT2D eigenvalue weighted by Crippen LogP contribution is -2.25. The number of benzene rings is 3. The number of hydrogen-bond acceptors (Lipinski definition) is 5. The smallest absolute Gasteiger partial charge is 0.262 e. The van der Waals surface area contributed by atoms with Crippen molar-refractivity contribution in [1.29, 1.82) is 0 Å². The zero-order chi connectivity index (χ0) is 25.2. The molecule has 0 saturated carbocycles. The van der Waals surface area contributed by atoms with Gasteiger partial charge in [-0.2, -0.15) is 10.1 Å². The van der Waals surface area contributed by atoms with Crippen LogP contribution in [0.15, 0.2) is 82.9 Å². The van der Waals surface area contributed by atoms with E-state index in [1.807, 2.05) is 0 Å². The molecule has 2 heterocycles. The summed E-state index contributed by atoms with van der Waals surface area (Å²) in [5, 5.41) is 8.49. The summed E-state index contributed by atoms with van der Waals surface area (Å²) in [5.74, 6) is -2.04. The molecule has 2 aliphatic heterocycles. The Morgan fingerprint density at radius 3 is 2.14 bits per heavy atom. The molecule has 0 saturated heterocycles. The minimum atomic E-state index is -0.751. The van der Waals surface area contributed by atoms with Crippen molar-refractivity contribution in [3.05, 3.63) is 101 Å². The van der Waals surface area contributed by atoms with Crippen LogP contribution in [0.5, 0.6) is 0 Å². The Labute approximate surface area is 208 Å². The molecule has 5 rings (SSSR count). The van der Waals surface area contributed by atoms with Crippen molar-refractivity contribution in [2.24, 2.45) is 10.1 Å². The lowest BCUT2D eigenvalue weighted by Gasteiger charge is -2.23. The number of hydrogen-bond donors (Lipinski definition) is 1. The summed E-state index contributed by atoms with van der Waals surface area (Å²) in [6.45, 7) is 0. The fourth-order valence-electron chi connectivity index (χ4n) is 3.97. The van der Waals surface area contributed by atoms with E-state index >= 15 is 0 Å². The van der Waals surface area contributed by atoms with Gasteiger partial charge in [-0.3, -0.25) is 9.59 Å². The molecule has 0 spiro atoms. The van der Waals surface area contributed by atoms with Crippen LogP contribution in [0.25, 0.3) is 0 Å². The van der Waals surface area contributed by atoms with Crippen LogP contribution < -0.4 is 5.32 Å². The van der Waals surface area contributed by atoms with Crippen molar-refractivity contribution < 1.29 is 22.8 Å². The topological polar surface area (TPSA) is 74.1 Å². The van der Waals surface area contributed by atoms with Gasteiger partial charge in [-0.05, 0) is 59.7 Å². The molecule has 2 amide bonds. The van der Waals surface area contributed by atoms with Crippen LogP contribution in [-0.4, -0.2) is 33.0 Å². The van der Waals surface area contributed by atoms with E-state index in [9.17, 15) is 22.8 Å². The highest BCUT2D eigenvalue weighted by Crippen LogP contribution is 2.38. The average Bonchev–Trinajstić information content (AvgIpc) is 3.45. The van der Waals surface area contributed by atoms with Gasteiger partial charge in [0.1, 0.15) is 22.7 Å². The van der Waals surface area contributed by atoms with Crippen LogP contribution in [0.4, 0.5) is 18.9 Å². The predicted octanol–water partition coefficient (Wildman–Crippen LogP) is 5.28. The maximum Gasteiger partial charge on any atom is 0.262 e. The minimum absolute atomic E-state index is 0.128. The van der Waals surface area contributed by atoms with Gasteiger partial charge in [-0.25, -0.2) is 18.2 Å². The highest BCUT2D eigenvalue weighted by molar-refractivity contribution is 8.15. The number of carbonyl (C=O) groups excluding carboxylic acids is 2. The molecule has 0 aliphatic carbocycles. The van der Waals surface area contributed by atoms with Gasteiger partial charge in [0.2, 0.25) is 5.91 Å². The molecule has 36 heavy (non-hydrogen) atoms. The summed E-state index contributed by atoms with van der Waals surface area (Å²) in [6.07, 6.45) is 0.304. The van der Waals surface area contributed by atoms with Crippen LogP contribution in [0.3, 0.4) is 0 Å². The Bertz CT molecular complexity index is 1360. The van der Waals surface area contributed by atoms with Crippen molar-refractivity contribution >= 4 is 40.1 Å². The molecule has 2 aliphatic rings. The standard InChI is InChI=1S/C26H19F3N4O2S/c27-17-5-1-15(2-6-17)21-13-22(16-3-7-18(28)8-4-16)33(32-21)26-31-25(35)23(36-26)14-24(34)30-20-11-9-19(29)10-12-20/h1-12,22-23H,13-14H2,(H,30,34)/t22-,23-/m1/s1. The number of nitrogens with zero attached hydrogens (tertiary/aromatic N) is 3. The molecule has 0 radical (unpaired) electrons. The minimum Gasteiger partial charge on any atom is -0.326 e. The molecule has 6 nitrogen and oxygen atoms in total. The number of aliphatic imine (C=N–C) groups is 1. The van der Waals surface area contributed by atoms with E-state index in [1.54, 1.807) is 29.3 Å².